The molecule has 0 saturated heterocycles. The van der Waals surface area contributed by atoms with E-state index in [0.29, 0.717) is 12.3 Å². The highest BCUT2D eigenvalue weighted by Crippen LogP contribution is 2.31. The average molecular weight is 206 g/mol. The van der Waals surface area contributed by atoms with Crippen LogP contribution in [0.15, 0.2) is 18.3 Å². The smallest absolute Gasteiger partial charge is 0.146 e. The van der Waals surface area contributed by atoms with Crippen molar-refractivity contribution in [3.8, 4) is 11.5 Å². The van der Waals surface area contributed by atoms with Gasteiger partial charge in [-0.15, -0.1) is 0 Å². The minimum absolute atomic E-state index is 0.206. The number of aromatic nitrogens is 1. The largest absolute Gasteiger partial charge is 0.508 e. The van der Waals surface area contributed by atoms with Crippen LogP contribution in [-0.2, 0) is 6.42 Å². The maximum atomic E-state index is 9.53. The van der Waals surface area contributed by atoms with Crippen molar-refractivity contribution in [1.82, 2.24) is 4.98 Å². The lowest BCUT2D eigenvalue weighted by atomic mass is 10.1. The highest BCUT2D eigenvalue weighted by molar-refractivity contribution is 5.89. The number of aromatic amines is 1. The molecule has 0 aliphatic heterocycles. The first-order valence-corrected chi connectivity index (χ1v) is 4.83. The van der Waals surface area contributed by atoms with Crippen LogP contribution < -0.4 is 10.5 Å². The minimum atomic E-state index is 0.206. The van der Waals surface area contributed by atoms with Crippen molar-refractivity contribution in [1.29, 1.82) is 0 Å². The Kier molecular flexibility index (Phi) is 2.51. The Morgan fingerprint density at radius 1 is 1.47 bits per heavy atom. The van der Waals surface area contributed by atoms with E-state index in [4.69, 9.17) is 10.5 Å². The first-order chi connectivity index (χ1) is 7.26. The van der Waals surface area contributed by atoms with E-state index in [1.54, 1.807) is 19.2 Å². The third kappa shape index (κ3) is 1.64. The predicted octanol–water partition coefficient (Wildman–Crippen LogP) is 1.38. The molecule has 0 unspecified atom stereocenters. The fourth-order valence-corrected chi connectivity index (χ4v) is 1.76. The van der Waals surface area contributed by atoms with Crippen LogP contribution in [0, 0.1) is 0 Å². The zero-order valence-electron chi connectivity index (χ0n) is 8.58. The van der Waals surface area contributed by atoms with E-state index in [1.165, 1.54) is 0 Å². The van der Waals surface area contributed by atoms with E-state index < -0.39 is 0 Å². The third-order valence-corrected chi connectivity index (χ3v) is 2.46. The Morgan fingerprint density at radius 3 is 2.93 bits per heavy atom. The molecule has 2 aromatic rings. The molecule has 1 aromatic carbocycles. The summed E-state index contributed by atoms with van der Waals surface area (Å²) >= 11 is 0. The second-order valence-corrected chi connectivity index (χ2v) is 3.42. The number of nitrogens with one attached hydrogen (secondary N) is 1. The summed E-state index contributed by atoms with van der Waals surface area (Å²) in [7, 11) is 1.58. The number of nitrogens with two attached hydrogens (primary N) is 1. The Bertz CT molecular complexity index is 477. The lowest BCUT2D eigenvalue weighted by Gasteiger charge is -2.03. The van der Waals surface area contributed by atoms with Crippen molar-refractivity contribution in [2.75, 3.05) is 13.7 Å². The normalized spacial score (nSPS) is 10.8. The topological polar surface area (TPSA) is 71.3 Å². The van der Waals surface area contributed by atoms with Crippen LogP contribution >= 0.6 is 0 Å². The molecular weight excluding hydrogens is 192 g/mol. The van der Waals surface area contributed by atoms with Crippen molar-refractivity contribution in [2.45, 2.75) is 6.42 Å². The van der Waals surface area contributed by atoms with Crippen molar-refractivity contribution in [3.05, 3.63) is 23.9 Å². The molecule has 0 amide bonds. The molecule has 1 heterocycles. The molecule has 4 heteroatoms. The van der Waals surface area contributed by atoms with E-state index in [1.807, 2.05) is 6.20 Å². The van der Waals surface area contributed by atoms with E-state index in [9.17, 15) is 5.11 Å². The summed E-state index contributed by atoms with van der Waals surface area (Å²) in [6.07, 6.45) is 2.69. The predicted molar refractivity (Wildman–Crippen MR) is 59.3 cm³/mol. The number of ether oxygens (including phenoxy) is 1. The molecule has 1 aromatic heterocycles. The van der Waals surface area contributed by atoms with Crippen LogP contribution in [-0.4, -0.2) is 23.7 Å². The maximum Gasteiger partial charge on any atom is 0.146 e. The number of phenolic OH excluding ortho intramolecular Hbond substituents is 1. The highest BCUT2D eigenvalue weighted by Gasteiger charge is 2.09. The average Bonchev–Trinajstić information content (AvgIpc) is 2.61. The summed E-state index contributed by atoms with van der Waals surface area (Å²) in [4.78, 5) is 3.13. The number of H-pyrrole nitrogens is 1. The molecule has 0 bridgehead atoms. The maximum absolute atomic E-state index is 9.53. The van der Waals surface area contributed by atoms with Crippen LogP contribution in [0.5, 0.6) is 11.5 Å². The van der Waals surface area contributed by atoms with Gasteiger partial charge in [-0.2, -0.15) is 0 Å². The quantitative estimate of drug-likeness (QED) is 0.710. The van der Waals surface area contributed by atoms with Gasteiger partial charge in [0.25, 0.3) is 0 Å². The van der Waals surface area contributed by atoms with Crippen LogP contribution in [0.4, 0.5) is 0 Å². The molecule has 0 saturated carbocycles. The van der Waals surface area contributed by atoms with Gasteiger partial charge in [0.15, 0.2) is 0 Å². The minimum Gasteiger partial charge on any atom is -0.508 e. The second kappa shape index (κ2) is 3.82. The van der Waals surface area contributed by atoms with Crippen molar-refractivity contribution in [2.24, 2.45) is 5.73 Å². The van der Waals surface area contributed by atoms with Gasteiger partial charge >= 0.3 is 0 Å². The first-order valence-electron chi connectivity index (χ1n) is 4.83. The van der Waals surface area contributed by atoms with Gasteiger partial charge in [0.1, 0.15) is 11.5 Å². The zero-order chi connectivity index (χ0) is 10.8. The SMILES string of the molecule is COc1cc(O)cc2c(CCN)c[nH]c12. The standard InChI is InChI=1S/C11H14N2O2/c1-15-10-5-8(14)4-9-7(2-3-12)6-13-11(9)10/h4-6,13-14H,2-3,12H2,1H3. The molecule has 2 rings (SSSR count). The summed E-state index contributed by atoms with van der Waals surface area (Å²) in [6, 6.07) is 3.31. The summed E-state index contributed by atoms with van der Waals surface area (Å²) in [5.74, 6) is 0.852. The highest BCUT2D eigenvalue weighted by atomic mass is 16.5. The first kappa shape index (κ1) is 9.86. The number of aromatic hydroxyl groups is 1. The van der Waals surface area contributed by atoms with Gasteiger partial charge in [-0.25, -0.2) is 0 Å². The summed E-state index contributed by atoms with van der Waals surface area (Å²) in [5.41, 5.74) is 7.51. The Hall–Kier alpha value is -1.68. The van der Waals surface area contributed by atoms with E-state index >= 15 is 0 Å². The fourth-order valence-electron chi connectivity index (χ4n) is 1.76. The summed E-state index contributed by atoms with van der Waals surface area (Å²) in [6.45, 7) is 0.588. The molecule has 15 heavy (non-hydrogen) atoms. The number of phenols is 1. The van der Waals surface area contributed by atoms with Crippen molar-refractivity contribution in [3.63, 3.8) is 0 Å². The fraction of sp³-hybridized carbons (Fsp3) is 0.273. The van der Waals surface area contributed by atoms with Crippen molar-refractivity contribution < 1.29 is 9.84 Å². The van der Waals surface area contributed by atoms with Gasteiger partial charge in [-0.3, -0.25) is 0 Å². The molecule has 0 aliphatic carbocycles. The van der Waals surface area contributed by atoms with Crippen LogP contribution in [0.2, 0.25) is 0 Å². The third-order valence-electron chi connectivity index (χ3n) is 2.46. The molecule has 4 N–H and O–H groups in total. The number of benzene rings is 1. The molecule has 0 aliphatic rings. The van der Waals surface area contributed by atoms with E-state index in [0.717, 1.165) is 22.9 Å². The Labute approximate surface area is 87.7 Å². The number of rotatable bonds is 3. The molecule has 0 atom stereocenters. The molecule has 0 fully saturated rings. The van der Waals surface area contributed by atoms with Crippen LogP contribution in [0.3, 0.4) is 0 Å². The number of hydrogen-bond acceptors (Lipinski definition) is 3. The molecule has 80 valence electrons. The van der Waals surface area contributed by atoms with Crippen LogP contribution in [0.1, 0.15) is 5.56 Å². The molecule has 0 radical (unpaired) electrons. The lowest BCUT2D eigenvalue weighted by molar-refractivity contribution is 0.412. The Balaban J connectivity index is 2.64. The van der Waals surface area contributed by atoms with Gasteiger partial charge in [-0.1, -0.05) is 0 Å². The monoisotopic (exact) mass is 206 g/mol. The summed E-state index contributed by atoms with van der Waals surface area (Å²) < 4.78 is 5.18. The van der Waals surface area contributed by atoms with Gasteiger partial charge in [-0.05, 0) is 24.6 Å². The van der Waals surface area contributed by atoms with E-state index in [2.05, 4.69) is 4.98 Å². The lowest BCUT2D eigenvalue weighted by Crippen LogP contribution is -2.01. The second-order valence-electron chi connectivity index (χ2n) is 3.42. The van der Waals surface area contributed by atoms with Gasteiger partial charge in [0.05, 0.1) is 12.6 Å². The summed E-state index contributed by atoms with van der Waals surface area (Å²) in [5, 5.41) is 10.5. The van der Waals surface area contributed by atoms with Gasteiger partial charge < -0.3 is 20.6 Å². The zero-order valence-corrected chi connectivity index (χ0v) is 8.58. The number of fused-ring (bicyclic) bond motifs is 1. The van der Waals surface area contributed by atoms with Crippen molar-refractivity contribution >= 4 is 10.9 Å². The van der Waals surface area contributed by atoms with E-state index in [-0.39, 0.29) is 5.75 Å². The van der Waals surface area contributed by atoms with Gasteiger partial charge in [0, 0.05) is 17.6 Å². The number of methoxy groups -OCH3 is 1. The Morgan fingerprint density at radius 2 is 2.27 bits per heavy atom. The molecule has 4 nitrogen and oxygen atoms in total. The van der Waals surface area contributed by atoms with Gasteiger partial charge in [0.2, 0.25) is 0 Å². The van der Waals surface area contributed by atoms with Crippen LogP contribution in [0.25, 0.3) is 10.9 Å². The molecular formula is C11H14N2O2. The molecule has 0 spiro atoms. The number of hydrogen-bond donors (Lipinski definition) is 3.